The molecule has 3 aromatic carbocycles. The Morgan fingerprint density at radius 3 is 2.17 bits per heavy atom. The van der Waals surface area contributed by atoms with Crippen molar-refractivity contribution in [3.05, 3.63) is 99.0 Å². The van der Waals surface area contributed by atoms with Crippen LogP contribution in [0.3, 0.4) is 0 Å². The Bertz CT molecular complexity index is 1490. The maximum absolute atomic E-state index is 14.3. The Morgan fingerprint density at radius 2 is 1.55 bits per heavy atom. The highest BCUT2D eigenvalue weighted by Gasteiger charge is 2.36. The molecule has 0 radical (unpaired) electrons. The van der Waals surface area contributed by atoms with E-state index in [0.717, 1.165) is 44.4 Å². The van der Waals surface area contributed by atoms with E-state index in [0.29, 0.717) is 60.3 Å². The summed E-state index contributed by atoms with van der Waals surface area (Å²) >= 11 is 12.8. The largest absolute Gasteiger partial charge is 0.416 e. The standard InChI is InChI=1S/C36H44Cl2F3N5O/c1-25(2)20-32(42)30-22-28(36(39,40)41)9-11-33(30)44-16-18-46(19-17-44)35(47)34(21-27-8-10-29(37)23-31(27)38)45-14-12-43(13-15-45)24-26-6-4-3-5-7-26/h3-11,22-23,25,32,34H,12-21,24,42H2,1-2H3. The van der Waals surface area contributed by atoms with Crippen molar-refractivity contribution in [2.75, 3.05) is 57.3 Å². The second-order valence-electron chi connectivity index (χ2n) is 13.1. The van der Waals surface area contributed by atoms with Gasteiger partial charge in [0.15, 0.2) is 0 Å². The fourth-order valence-electron chi connectivity index (χ4n) is 6.67. The van der Waals surface area contributed by atoms with Gasteiger partial charge < -0.3 is 15.5 Å². The van der Waals surface area contributed by atoms with Crippen LogP contribution in [0.25, 0.3) is 0 Å². The molecule has 2 aliphatic rings. The molecule has 0 spiro atoms. The highest BCUT2D eigenvalue weighted by molar-refractivity contribution is 6.35. The summed E-state index contributed by atoms with van der Waals surface area (Å²) < 4.78 is 40.9. The van der Waals surface area contributed by atoms with Gasteiger partial charge in [0.1, 0.15) is 0 Å². The number of nitrogens with zero attached hydrogens (tertiary/aromatic N) is 4. The van der Waals surface area contributed by atoms with Crippen LogP contribution < -0.4 is 10.6 Å². The van der Waals surface area contributed by atoms with Crippen molar-refractivity contribution in [3.8, 4) is 0 Å². The monoisotopic (exact) mass is 689 g/mol. The number of anilines is 1. The van der Waals surface area contributed by atoms with Gasteiger partial charge in [-0.3, -0.25) is 14.6 Å². The summed E-state index contributed by atoms with van der Waals surface area (Å²) in [4.78, 5) is 22.9. The smallest absolute Gasteiger partial charge is 0.368 e. The predicted molar refractivity (Wildman–Crippen MR) is 184 cm³/mol. The predicted octanol–water partition coefficient (Wildman–Crippen LogP) is 7.14. The number of amides is 1. The molecule has 2 unspecified atom stereocenters. The third kappa shape index (κ3) is 9.21. The van der Waals surface area contributed by atoms with Crippen molar-refractivity contribution in [1.82, 2.24) is 14.7 Å². The maximum atomic E-state index is 14.3. The topological polar surface area (TPSA) is 56.1 Å². The second kappa shape index (κ2) is 15.6. The van der Waals surface area contributed by atoms with Crippen LogP contribution in [-0.2, 0) is 23.9 Å². The van der Waals surface area contributed by atoms with E-state index in [4.69, 9.17) is 28.9 Å². The number of hydrogen-bond donors (Lipinski definition) is 1. The molecule has 47 heavy (non-hydrogen) atoms. The Labute approximate surface area is 286 Å². The number of hydrogen-bond acceptors (Lipinski definition) is 5. The molecule has 2 aliphatic heterocycles. The van der Waals surface area contributed by atoms with Crippen molar-refractivity contribution in [2.24, 2.45) is 11.7 Å². The van der Waals surface area contributed by atoms with Crippen LogP contribution in [0.5, 0.6) is 0 Å². The molecule has 3 aromatic rings. The van der Waals surface area contributed by atoms with Crippen molar-refractivity contribution < 1.29 is 18.0 Å². The molecule has 2 atom stereocenters. The van der Waals surface area contributed by atoms with Crippen molar-refractivity contribution in [1.29, 1.82) is 0 Å². The summed E-state index contributed by atoms with van der Waals surface area (Å²) in [7, 11) is 0. The molecule has 2 heterocycles. The van der Waals surface area contributed by atoms with Crippen LogP contribution in [0.15, 0.2) is 66.7 Å². The molecular formula is C36H44Cl2F3N5O. The second-order valence-corrected chi connectivity index (χ2v) is 13.9. The highest BCUT2D eigenvalue weighted by atomic mass is 35.5. The normalized spacial score (nSPS) is 18.1. The third-order valence-electron chi connectivity index (χ3n) is 9.22. The summed E-state index contributed by atoms with van der Waals surface area (Å²) in [5.74, 6) is 0.268. The first-order valence-electron chi connectivity index (χ1n) is 16.3. The summed E-state index contributed by atoms with van der Waals surface area (Å²) in [5.41, 5.74) is 9.11. The lowest BCUT2D eigenvalue weighted by Crippen LogP contribution is -2.59. The van der Waals surface area contributed by atoms with E-state index in [9.17, 15) is 18.0 Å². The van der Waals surface area contributed by atoms with Gasteiger partial charge in [-0.15, -0.1) is 0 Å². The summed E-state index contributed by atoms with van der Waals surface area (Å²) in [5, 5.41) is 1.08. The van der Waals surface area contributed by atoms with Gasteiger partial charge in [-0.25, -0.2) is 0 Å². The number of halogens is 5. The minimum absolute atomic E-state index is 0.0383. The average Bonchev–Trinajstić information content (AvgIpc) is 3.04. The molecule has 0 aliphatic carbocycles. The van der Waals surface area contributed by atoms with Crippen LogP contribution >= 0.6 is 23.2 Å². The summed E-state index contributed by atoms with van der Waals surface area (Å²) in [6, 6.07) is 18.7. The molecule has 2 fully saturated rings. The number of carbonyl (C=O) groups excluding carboxylic acids is 1. The Balaban J connectivity index is 1.30. The SMILES string of the molecule is CC(C)CC(N)c1cc(C(F)(F)F)ccc1N1CCN(C(=O)C(Cc2ccc(Cl)cc2Cl)N2CCN(Cc3ccccc3)CC2)CC1. The summed E-state index contributed by atoms with van der Waals surface area (Å²) in [6.45, 7) is 9.97. The number of carbonyl (C=O) groups is 1. The quantitative estimate of drug-likeness (QED) is 0.245. The average molecular weight is 691 g/mol. The molecule has 6 nitrogen and oxygen atoms in total. The molecule has 0 bridgehead atoms. The Hall–Kier alpha value is -2.82. The van der Waals surface area contributed by atoms with E-state index >= 15 is 0 Å². The first-order valence-corrected chi connectivity index (χ1v) is 17.1. The van der Waals surface area contributed by atoms with Crippen molar-refractivity contribution in [2.45, 2.75) is 51.5 Å². The summed E-state index contributed by atoms with van der Waals surface area (Å²) in [6.07, 6.45) is -3.42. The van der Waals surface area contributed by atoms with Crippen LogP contribution in [0.4, 0.5) is 18.9 Å². The number of piperazine rings is 2. The van der Waals surface area contributed by atoms with Crippen molar-refractivity contribution >= 4 is 34.8 Å². The lowest BCUT2D eigenvalue weighted by molar-refractivity contribution is -0.138. The maximum Gasteiger partial charge on any atom is 0.416 e. The fourth-order valence-corrected chi connectivity index (χ4v) is 7.16. The zero-order chi connectivity index (χ0) is 33.7. The Kier molecular flexibility index (Phi) is 11.8. The lowest BCUT2D eigenvalue weighted by Gasteiger charge is -2.43. The molecular weight excluding hydrogens is 646 g/mol. The van der Waals surface area contributed by atoms with E-state index in [2.05, 4.69) is 26.8 Å². The van der Waals surface area contributed by atoms with E-state index < -0.39 is 23.8 Å². The van der Waals surface area contributed by atoms with Crippen LogP contribution in [-0.4, -0.2) is 79.0 Å². The van der Waals surface area contributed by atoms with Gasteiger partial charge in [-0.1, -0.05) is 73.4 Å². The van der Waals surface area contributed by atoms with E-state index in [1.165, 1.54) is 17.7 Å². The zero-order valence-corrected chi connectivity index (χ0v) is 28.5. The van der Waals surface area contributed by atoms with Gasteiger partial charge >= 0.3 is 6.18 Å². The first kappa shape index (κ1) is 35.5. The number of nitrogens with two attached hydrogens (primary N) is 1. The number of alkyl halides is 3. The molecule has 2 saturated heterocycles. The number of rotatable bonds is 10. The van der Waals surface area contributed by atoms with Gasteiger partial charge in [-0.05, 0) is 65.8 Å². The van der Waals surface area contributed by atoms with Gasteiger partial charge in [0.05, 0.1) is 11.6 Å². The molecule has 0 aromatic heterocycles. The minimum Gasteiger partial charge on any atom is -0.368 e. The van der Waals surface area contributed by atoms with E-state index in [1.54, 1.807) is 12.1 Å². The molecule has 11 heteroatoms. The lowest BCUT2D eigenvalue weighted by atomic mass is 9.94. The zero-order valence-electron chi connectivity index (χ0n) is 27.0. The molecule has 254 valence electrons. The van der Waals surface area contributed by atoms with Gasteiger partial charge in [0.2, 0.25) is 5.91 Å². The molecule has 5 rings (SSSR count). The number of benzene rings is 3. The van der Waals surface area contributed by atoms with E-state index in [1.807, 2.05) is 43.0 Å². The Morgan fingerprint density at radius 1 is 0.872 bits per heavy atom. The van der Waals surface area contributed by atoms with E-state index in [-0.39, 0.29) is 11.8 Å². The molecule has 0 saturated carbocycles. The third-order valence-corrected chi connectivity index (χ3v) is 9.81. The van der Waals surface area contributed by atoms with Gasteiger partial charge in [0, 0.05) is 80.7 Å². The molecule has 1 amide bonds. The van der Waals surface area contributed by atoms with Gasteiger partial charge in [-0.2, -0.15) is 13.2 Å². The van der Waals surface area contributed by atoms with Gasteiger partial charge in [0.25, 0.3) is 0 Å². The molecule has 2 N–H and O–H groups in total. The highest BCUT2D eigenvalue weighted by Crippen LogP contribution is 2.37. The first-order chi connectivity index (χ1) is 22.4. The fraction of sp³-hybridized carbons (Fsp3) is 0.472. The van der Waals surface area contributed by atoms with Crippen LogP contribution in [0, 0.1) is 5.92 Å². The van der Waals surface area contributed by atoms with Crippen LogP contribution in [0.2, 0.25) is 10.0 Å². The van der Waals surface area contributed by atoms with Crippen molar-refractivity contribution in [3.63, 3.8) is 0 Å². The van der Waals surface area contributed by atoms with Crippen LogP contribution in [0.1, 0.15) is 48.6 Å². The minimum atomic E-state index is -4.45.